The Morgan fingerprint density at radius 3 is 2.51 bits per heavy atom. The molecule has 0 saturated carbocycles. The van der Waals surface area contributed by atoms with Gasteiger partial charge in [0.15, 0.2) is 5.78 Å². The molecule has 2 N–H and O–H groups in total. The monoisotopic (exact) mass is 535 g/mol. The van der Waals surface area contributed by atoms with Crippen molar-refractivity contribution in [3.63, 3.8) is 0 Å². The molecule has 0 bridgehead atoms. The number of hydrogen-bond acceptors (Lipinski definition) is 4. The SMILES string of the molecule is NC(=O)c1cn(CC(=O)N2CCS[C@H]2C(=O)Cc2cccc(-c3ccccc3Cl)c2F)c2ccccc12. The van der Waals surface area contributed by atoms with E-state index in [1.807, 2.05) is 12.1 Å². The van der Waals surface area contributed by atoms with E-state index in [1.54, 1.807) is 65.4 Å². The molecule has 2 amide bonds. The average molecular weight is 536 g/mol. The number of fused-ring (bicyclic) bond motifs is 1. The van der Waals surface area contributed by atoms with Gasteiger partial charge in [0, 0.05) is 52.0 Å². The lowest BCUT2D eigenvalue weighted by atomic mass is 9.99. The number of nitrogens with two attached hydrogens (primary N) is 1. The van der Waals surface area contributed by atoms with Gasteiger partial charge < -0.3 is 15.2 Å². The highest BCUT2D eigenvalue weighted by Crippen LogP contribution is 2.32. The van der Waals surface area contributed by atoms with Crippen LogP contribution in [0.5, 0.6) is 0 Å². The smallest absolute Gasteiger partial charge is 0.250 e. The Labute approximate surface area is 222 Å². The minimum atomic E-state index is -0.715. The molecule has 9 heteroatoms. The normalized spacial score (nSPS) is 15.3. The highest BCUT2D eigenvalue weighted by atomic mass is 35.5. The fourth-order valence-electron chi connectivity index (χ4n) is 4.68. The first-order chi connectivity index (χ1) is 17.8. The number of carbonyl (C=O) groups is 3. The predicted molar refractivity (Wildman–Crippen MR) is 144 cm³/mol. The third kappa shape index (κ3) is 4.86. The zero-order valence-electron chi connectivity index (χ0n) is 19.7. The maximum Gasteiger partial charge on any atom is 0.250 e. The number of primary amides is 1. The molecule has 2 heterocycles. The molecule has 1 aliphatic rings. The molecule has 1 fully saturated rings. The first kappa shape index (κ1) is 25.0. The molecule has 1 aliphatic heterocycles. The third-order valence-electron chi connectivity index (χ3n) is 6.45. The van der Waals surface area contributed by atoms with Gasteiger partial charge in [-0.05, 0) is 17.7 Å². The van der Waals surface area contributed by atoms with Crippen LogP contribution >= 0.6 is 23.4 Å². The minimum Gasteiger partial charge on any atom is -0.366 e. The van der Waals surface area contributed by atoms with Crippen molar-refractivity contribution >= 4 is 51.9 Å². The van der Waals surface area contributed by atoms with Crippen LogP contribution in [0.25, 0.3) is 22.0 Å². The first-order valence-corrected chi connectivity index (χ1v) is 13.1. The van der Waals surface area contributed by atoms with E-state index in [1.165, 1.54) is 16.7 Å². The zero-order valence-corrected chi connectivity index (χ0v) is 21.3. The van der Waals surface area contributed by atoms with Crippen molar-refractivity contribution in [2.24, 2.45) is 5.73 Å². The van der Waals surface area contributed by atoms with Crippen LogP contribution in [0.1, 0.15) is 15.9 Å². The Morgan fingerprint density at radius 1 is 1.00 bits per heavy atom. The zero-order chi connectivity index (χ0) is 26.1. The quantitative estimate of drug-likeness (QED) is 0.364. The van der Waals surface area contributed by atoms with Crippen molar-refractivity contribution in [1.82, 2.24) is 9.47 Å². The van der Waals surface area contributed by atoms with E-state index in [0.717, 1.165) is 0 Å². The number of benzene rings is 3. The molecule has 1 atom stereocenters. The Kier molecular flexibility index (Phi) is 7.04. The number of carbonyl (C=O) groups excluding carboxylic acids is 3. The van der Waals surface area contributed by atoms with Crippen molar-refractivity contribution in [1.29, 1.82) is 0 Å². The van der Waals surface area contributed by atoms with Crippen molar-refractivity contribution < 1.29 is 18.8 Å². The molecule has 188 valence electrons. The minimum absolute atomic E-state index is 0.0471. The van der Waals surface area contributed by atoms with Crippen LogP contribution in [-0.4, -0.2) is 44.7 Å². The number of ketones is 1. The highest BCUT2D eigenvalue weighted by molar-refractivity contribution is 8.00. The number of amides is 2. The second kappa shape index (κ2) is 10.4. The Hall–Kier alpha value is -3.62. The number of Topliss-reactive ketones (excluding diaryl/α,β-unsaturated/α-hetero) is 1. The second-order valence-electron chi connectivity index (χ2n) is 8.76. The number of halogens is 2. The molecule has 1 aromatic heterocycles. The summed E-state index contributed by atoms with van der Waals surface area (Å²) in [5, 5.41) is 0.374. The van der Waals surface area contributed by atoms with Crippen LogP contribution in [0, 0.1) is 5.82 Å². The van der Waals surface area contributed by atoms with E-state index in [4.69, 9.17) is 17.3 Å². The van der Waals surface area contributed by atoms with Gasteiger partial charge in [-0.2, -0.15) is 0 Å². The van der Waals surface area contributed by atoms with Crippen LogP contribution in [0.15, 0.2) is 72.9 Å². The molecule has 0 unspecified atom stereocenters. The van der Waals surface area contributed by atoms with E-state index in [9.17, 15) is 14.4 Å². The molecule has 5 rings (SSSR count). The number of para-hydroxylation sites is 1. The van der Waals surface area contributed by atoms with Crippen LogP contribution in [-0.2, 0) is 22.6 Å². The number of rotatable bonds is 7. The van der Waals surface area contributed by atoms with Gasteiger partial charge in [-0.1, -0.05) is 66.2 Å². The number of thioether (sulfide) groups is 1. The van der Waals surface area contributed by atoms with E-state index in [0.29, 0.717) is 44.9 Å². The van der Waals surface area contributed by atoms with Crippen LogP contribution < -0.4 is 5.73 Å². The van der Waals surface area contributed by atoms with Gasteiger partial charge in [0.1, 0.15) is 17.7 Å². The second-order valence-corrected chi connectivity index (χ2v) is 10.4. The molecule has 3 aromatic carbocycles. The molecular weight excluding hydrogens is 513 g/mol. The van der Waals surface area contributed by atoms with Gasteiger partial charge in [-0.25, -0.2) is 4.39 Å². The van der Waals surface area contributed by atoms with E-state index in [2.05, 4.69) is 0 Å². The summed E-state index contributed by atoms with van der Waals surface area (Å²) in [6, 6.07) is 19.1. The fraction of sp³-hybridized carbons (Fsp3) is 0.179. The van der Waals surface area contributed by atoms with Crippen LogP contribution in [0.4, 0.5) is 4.39 Å². The van der Waals surface area contributed by atoms with Gasteiger partial charge in [0.2, 0.25) is 5.91 Å². The van der Waals surface area contributed by atoms with Gasteiger partial charge in [0.25, 0.3) is 5.91 Å². The average Bonchev–Trinajstić information content (AvgIpc) is 3.52. The third-order valence-corrected chi connectivity index (χ3v) is 8.03. The summed E-state index contributed by atoms with van der Waals surface area (Å²) in [5.41, 5.74) is 7.69. The number of hydrogen-bond donors (Lipinski definition) is 1. The summed E-state index contributed by atoms with van der Waals surface area (Å²) in [6.45, 7) is 0.360. The predicted octanol–water partition coefficient (Wildman–Crippen LogP) is 4.91. The maximum atomic E-state index is 15.4. The van der Waals surface area contributed by atoms with Gasteiger partial charge >= 0.3 is 0 Å². The summed E-state index contributed by atoms with van der Waals surface area (Å²) in [4.78, 5) is 40.0. The molecule has 4 aromatic rings. The van der Waals surface area contributed by atoms with Crippen molar-refractivity contribution in [2.45, 2.75) is 18.3 Å². The molecule has 6 nitrogen and oxygen atoms in total. The highest BCUT2D eigenvalue weighted by Gasteiger charge is 2.35. The van der Waals surface area contributed by atoms with E-state index < -0.39 is 17.1 Å². The molecule has 37 heavy (non-hydrogen) atoms. The lowest BCUT2D eigenvalue weighted by Crippen LogP contribution is -2.41. The van der Waals surface area contributed by atoms with Crippen molar-refractivity contribution in [3.8, 4) is 11.1 Å². The fourth-order valence-corrected chi connectivity index (χ4v) is 6.12. The lowest BCUT2D eigenvalue weighted by molar-refractivity contribution is -0.136. The topological polar surface area (TPSA) is 85.4 Å². The summed E-state index contributed by atoms with van der Waals surface area (Å²) < 4.78 is 17.1. The molecule has 1 saturated heterocycles. The molecular formula is C28H23ClFN3O3S. The summed E-state index contributed by atoms with van der Waals surface area (Å²) >= 11 is 7.63. The lowest BCUT2D eigenvalue weighted by Gasteiger charge is -2.23. The standard InChI is InChI=1S/C28H23ClFN3O3S/c29-22-10-3-1-7-18(22)20-9-5-6-17(26(20)30)14-24(34)28-33(12-13-37-28)25(35)16-32-15-21(27(31)36)19-8-2-4-11-23(19)32/h1-11,15,28H,12-14,16H2,(H2,31,36)/t28-/m0/s1. The van der Waals surface area contributed by atoms with E-state index in [-0.39, 0.29) is 30.2 Å². The Balaban J connectivity index is 1.35. The van der Waals surface area contributed by atoms with Gasteiger partial charge in [0.05, 0.1) is 5.56 Å². The van der Waals surface area contributed by atoms with Crippen molar-refractivity contribution in [3.05, 3.63) is 94.9 Å². The van der Waals surface area contributed by atoms with Gasteiger partial charge in [-0.15, -0.1) is 11.8 Å². The van der Waals surface area contributed by atoms with Gasteiger partial charge in [-0.3, -0.25) is 14.4 Å². The Bertz CT molecular complexity index is 1540. The maximum absolute atomic E-state index is 15.4. The summed E-state index contributed by atoms with van der Waals surface area (Å²) in [6.07, 6.45) is 1.42. The number of nitrogens with zero attached hydrogens (tertiary/aromatic N) is 2. The molecule has 0 spiro atoms. The molecule has 0 aliphatic carbocycles. The molecule has 0 radical (unpaired) electrons. The number of aromatic nitrogens is 1. The largest absolute Gasteiger partial charge is 0.366 e. The van der Waals surface area contributed by atoms with Crippen LogP contribution in [0.2, 0.25) is 5.02 Å². The first-order valence-electron chi connectivity index (χ1n) is 11.7. The summed E-state index contributed by atoms with van der Waals surface area (Å²) in [5.74, 6) is -0.981. The van der Waals surface area contributed by atoms with Crippen molar-refractivity contribution in [2.75, 3.05) is 12.3 Å². The Morgan fingerprint density at radius 2 is 1.73 bits per heavy atom. The van der Waals surface area contributed by atoms with E-state index >= 15 is 4.39 Å². The van der Waals surface area contributed by atoms with Crippen LogP contribution in [0.3, 0.4) is 0 Å². The summed E-state index contributed by atoms with van der Waals surface area (Å²) in [7, 11) is 0.